The highest BCUT2D eigenvalue weighted by Crippen LogP contribution is 2.24. The third kappa shape index (κ3) is 8.48. The molecule has 0 aliphatic carbocycles. The molecule has 3 rings (SSSR count). The molecule has 0 amide bonds. The molecule has 2 aromatic carbocycles. The first-order chi connectivity index (χ1) is 14.7. The number of halogens is 2. The van der Waals surface area contributed by atoms with E-state index in [2.05, 4.69) is 44.8 Å². The van der Waals surface area contributed by atoms with E-state index < -0.39 is 0 Å². The van der Waals surface area contributed by atoms with Crippen LogP contribution in [0, 0.1) is 0 Å². The summed E-state index contributed by atoms with van der Waals surface area (Å²) in [5, 5.41) is 7.35. The second-order valence-electron chi connectivity index (χ2n) is 7.32. The van der Waals surface area contributed by atoms with E-state index >= 15 is 0 Å². The first-order valence-corrected chi connectivity index (χ1v) is 10.8. The number of benzene rings is 2. The van der Waals surface area contributed by atoms with E-state index in [1.54, 1.807) is 7.05 Å². The summed E-state index contributed by atoms with van der Waals surface area (Å²) in [6.45, 7) is 7.84. The average Bonchev–Trinajstić information content (AvgIpc) is 2.77. The zero-order chi connectivity index (χ0) is 21.2. The maximum atomic E-state index is 6.17. The topological polar surface area (TPSA) is 58.1 Å². The Kier molecular flexibility index (Phi) is 11.4. The quantitative estimate of drug-likeness (QED) is 0.292. The van der Waals surface area contributed by atoms with Gasteiger partial charge in [0.05, 0.1) is 24.8 Å². The van der Waals surface area contributed by atoms with Gasteiger partial charge in [-0.15, -0.1) is 24.0 Å². The third-order valence-electron chi connectivity index (χ3n) is 5.01. The van der Waals surface area contributed by atoms with Crippen LogP contribution in [0.3, 0.4) is 0 Å². The second-order valence-corrected chi connectivity index (χ2v) is 7.73. The number of para-hydroxylation sites is 1. The summed E-state index contributed by atoms with van der Waals surface area (Å²) in [7, 11) is 1.77. The molecule has 8 heteroatoms. The summed E-state index contributed by atoms with van der Waals surface area (Å²) in [6, 6.07) is 16.0. The SMILES string of the molecule is CN=C(NCc1ccccc1CN1CCOCC1)NCC(C)Oc1ccccc1Cl.I. The Morgan fingerprint density at radius 2 is 1.77 bits per heavy atom. The first-order valence-electron chi connectivity index (χ1n) is 10.4. The lowest BCUT2D eigenvalue weighted by Gasteiger charge is -2.27. The van der Waals surface area contributed by atoms with Crippen molar-refractivity contribution in [3.05, 3.63) is 64.7 Å². The van der Waals surface area contributed by atoms with Crippen molar-refractivity contribution in [2.75, 3.05) is 39.9 Å². The van der Waals surface area contributed by atoms with Crippen molar-refractivity contribution in [3.63, 3.8) is 0 Å². The summed E-state index contributed by atoms with van der Waals surface area (Å²) >= 11 is 6.17. The fourth-order valence-electron chi connectivity index (χ4n) is 3.32. The first kappa shape index (κ1) is 25.7. The van der Waals surface area contributed by atoms with Gasteiger partial charge in [0.2, 0.25) is 0 Å². The normalized spacial score (nSPS) is 15.6. The molecule has 1 saturated heterocycles. The Morgan fingerprint density at radius 1 is 1.10 bits per heavy atom. The van der Waals surface area contributed by atoms with Gasteiger partial charge < -0.3 is 20.1 Å². The molecule has 31 heavy (non-hydrogen) atoms. The minimum absolute atomic E-state index is 0. The third-order valence-corrected chi connectivity index (χ3v) is 5.32. The van der Waals surface area contributed by atoms with Gasteiger partial charge in [0, 0.05) is 33.2 Å². The van der Waals surface area contributed by atoms with Gasteiger partial charge in [-0.2, -0.15) is 0 Å². The van der Waals surface area contributed by atoms with Crippen LogP contribution < -0.4 is 15.4 Å². The fraction of sp³-hybridized carbons (Fsp3) is 0.435. The Hall–Kier alpha value is -1.55. The van der Waals surface area contributed by atoms with Gasteiger partial charge in [-0.05, 0) is 30.2 Å². The van der Waals surface area contributed by atoms with Gasteiger partial charge in [-0.1, -0.05) is 48.0 Å². The van der Waals surface area contributed by atoms with Crippen molar-refractivity contribution in [2.24, 2.45) is 4.99 Å². The summed E-state index contributed by atoms with van der Waals surface area (Å²) in [5.41, 5.74) is 2.60. The molecule has 1 atom stereocenters. The van der Waals surface area contributed by atoms with Crippen LogP contribution in [0.5, 0.6) is 5.75 Å². The van der Waals surface area contributed by atoms with E-state index in [-0.39, 0.29) is 30.1 Å². The van der Waals surface area contributed by atoms with Gasteiger partial charge in [0.15, 0.2) is 5.96 Å². The van der Waals surface area contributed by atoms with Gasteiger partial charge in [0.25, 0.3) is 0 Å². The van der Waals surface area contributed by atoms with E-state index in [1.807, 2.05) is 31.2 Å². The number of rotatable bonds is 8. The Labute approximate surface area is 207 Å². The molecule has 2 aromatic rings. The number of nitrogens with one attached hydrogen (secondary N) is 2. The van der Waals surface area contributed by atoms with Crippen molar-refractivity contribution in [1.29, 1.82) is 0 Å². The summed E-state index contributed by atoms with van der Waals surface area (Å²) in [6.07, 6.45) is -0.0583. The van der Waals surface area contributed by atoms with E-state index in [1.165, 1.54) is 11.1 Å². The predicted octanol–water partition coefficient (Wildman–Crippen LogP) is 3.92. The van der Waals surface area contributed by atoms with Gasteiger partial charge in [0.1, 0.15) is 11.9 Å². The molecular weight excluding hydrogens is 527 g/mol. The molecule has 1 heterocycles. The standard InChI is InChI=1S/C23H31ClN4O2.HI/c1-18(30-22-10-6-5-9-21(22)24)15-26-23(25-2)27-16-19-7-3-4-8-20(19)17-28-11-13-29-14-12-28;/h3-10,18H,11-17H2,1-2H3,(H2,25,26,27);1H. The molecular formula is C23H32ClIN4O2. The van der Waals surface area contributed by atoms with Crippen molar-refractivity contribution in [2.45, 2.75) is 26.1 Å². The van der Waals surface area contributed by atoms with E-state index in [0.717, 1.165) is 38.8 Å². The molecule has 2 N–H and O–H groups in total. The smallest absolute Gasteiger partial charge is 0.191 e. The zero-order valence-corrected chi connectivity index (χ0v) is 21.2. The molecule has 170 valence electrons. The number of aliphatic imine (C=N–C) groups is 1. The van der Waals surface area contributed by atoms with E-state index in [4.69, 9.17) is 21.1 Å². The minimum Gasteiger partial charge on any atom is -0.487 e. The van der Waals surface area contributed by atoms with Crippen LogP contribution in [0.1, 0.15) is 18.1 Å². The highest BCUT2D eigenvalue weighted by Gasteiger charge is 2.13. The fourth-order valence-corrected chi connectivity index (χ4v) is 3.50. The van der Waals surface area contributed by atoms with Crippen molar-refractivity contribution in [3.8, 4) is 5.75 Å². The van der Waals surface area contributed by atoms with Crippen molar-refractivity contribution in [1.82, 2.24) is 15.5 Å². The Bertz CT molecular complexity index is 831. The summed E-state index contributed by atoms with van der Waals surface area (Å²) in [4.78, 5) is 6.76. The average molecular weight is 559 g/mol. The molecule has 0 bridgehead atoms. The molecule has 1 aliphatic rings. The van der Waals surface area contributed by atoms with Crippen molar-refractivity contribution < 1.29 is 9.47 Å². The molecule has 0 radical (unpaired) electrons. The number of hydrogen-bond acceptors (Lipinski definition) is 4. The molecule has 1 aliphatic heterocycles. The largest absolute Gasteiger partial charge is 0.487 e. The van der Waals surface area contributed by atoms with Gasteiger partial charge in [-0.3, -0.25) is 9.89 Å². The molecule has 6 nitrogen and oxygen atoms in total. The van der Waals surface area contributed by atoms with Crippen LogP contribution in [0.2, 0.25) is 5.02 Å². The maximum Gasteiger partial charge on any atom is 0.191 e. The zero-order valence-electron chi connectivity index (χ0n) is 18.1. The van der Waals surface area contributed by atoms with Gasteiger partial charge >= 0.3 is 0 Å². The molecule has 0 aromatic heterocycles. The number of ether oxygens (including phenoxy) is 2. The molecule has 0 spiro atoms. The lowest BCUT2D eigenvalue weighted by molar-refractivity contribution is 0.0341. The Morgan fingerprint density at radius 3 is 2.48 bits per heavy atom. The molecule has 0 saturated carbocycles. The second kappa shape index (κ2) is 13.8. The number of hydrogen-bond donors (Lipinski definition) is 2. The predicted molar refractivity (Wildman–Crippen MR) is 138 cm³/mol. The lowest BCUT2D eigenvalue weighted by atomic mass is 10.1. The summed E-state index contributed by atoms with van der Waals surface area (Å²) < 4.78 is 11.4. The highest BCUT2D eigenvalue weighted by molar-refractivity contribution is 14.0. The van der Waals surface area contributed by atoms with Crippen LogP contribution in [0.25, 0.3) is 0 Å². The monoisotopic (exact) mass is 558 g/mol. The number of nitrogens with zero attached hydrogens (tertiary/aromatic N) is 2. The highest BCUT2D eigenvalue weighted by atomic mass is 127. The van der Waals surface area contributed by atoms with Crippen molar-refractivity contribution >= 4 is 41.5 Å². The van der Waals surface area contributed by atoms with Crippen LogP contribution >= 0.6 is 35.6 Å². The van der Waals surface area contributed by atoms with Crippen LogP contribution in [-0.4, -0.2) is 56.9 Å². The number of guanidine groups is 1. The van der Waals surface area contributed by atoms with E-state index in [0.29, 0.717) is 23.9 Å². The molecule has 1 fully saturated rings. The van der Waals surface area contributed by atoms with Gasteiger partial charge in [-0.25, -0.2) is 0 Å². The molecule has 1 unspecified atom stereocenters. The Balaban J connectivity index is 0.00000341. The maximum absolute atomic E-state index is 6.17. The van der Waals surface area contributed by atoms with Crippen LogP contribution in [0.15, 0.2) is 53.5 Å². The number of morpholine rings is 1. The summed E-state index contributed by atoms with van der Waals surface area (Å²) in [5.74, 6) is 1.43. The minimum atomic E-state index is -0.0583. The van der Waals surface area contributed by atoms with Crippen LogP contribution in [-0.2, 0) is 17.8 Å². The van der Waals surface area contributed by atoms with E-state index in [9.17, 15) is 0 Å². The van der Waals surface area contributed by atoms with Crippen LogP contribution in [0.4, 0.5) is 0 Å². The lowest BCUT2D eigenvalue weighted by Crippen LogP contribution is -2.41.